The van der Waals surface area contributed by atoms with Crippen LogP contribution in [0.25, 0.3) is 0 Å². The lowest BCUT2D eigenvalue weighted by Gasteiger charge is -2.60. The van der Waals surface area contributed by atoms with Crippen molar-refractivity contribution in [1.82, 2.24) is 31.2 Å². The molecule has 332 valence electrons. The van der Waals surface area contributed by atoms with Crippen molar-refractivity contribution in [2.24, 2.45) is 11.8 Å². The fourth-order valence-electron chi connectivity index (χ4n) is 8.06. The Balaban J connectivity index is 1.84. The van der Waals surface area contributed by atoms with E-state index in [4.69, 9.17) is 9.47 Å². The molecule has 1 aromatic carbocycles. The van der Waals surface area contributed by atoms with E-state index in [2.05, 4.69) is 35.1 Å². The number of piperidine rings is 1. The molecule has 2 heterocycles. The Labute approximate surface area is 352 Å². The van der Waals surface area contributed by atoms with Gasteiger partial charge in [0.1, 0.15) is 23.3 Å². The second kappa shape index (κ2) is 20.9. The molecule has 14 heteroatoms. The summed E-state index contributed by atoms with van der Waals surface area (Å²) in [6.45, 7) is 22.8. The molecule has 0 bridgehead atoms. The summed E-state index contributed by atoms with van der Waals surface area (Å²) in [5.41, 5.74) is -1.83. The van der Waals surface area contributed by atoms with Crippen LogP contribution in [0.15, 0.2) is 42.5 Å². The number of carbonyl (C=O) groups excluding carboxylic acids is 5. The summed E-state index contributed by atoms with van der Waals surface area (Å²) >= 11 is 0. The molecule has 0 aromatic heterocycles. The summed E-state index contributed by atoms with van der Waals surface area (Å²) in [6, 6.07) is 7.18. The van der Waals surface area contributed by atoms with Gasteiger partial charge in [0.15, 0.2) is 0 Å². The number of benzene rings is 1. The maximum absolute atomic E-state index is 14.5. The van der Waals surface area contributed by atoms with Crippen molar-refractivity contribution < 1.29 is 33.4 Å². The van der Waals surface area contributed by atoms with Crippen molar-refractivity contribution >= 4 is 29.9 Å². The highest BCUT2D eigenvalue weighted by Crippen LogP contribution is 2.37. The quantitative estimate of drug-likeness (QED) is 0.104. The monoisotopic (exact) mass is 826 g/mol. The molecular formula is C45H73N6O8-. The van der Waals surface area contributed by atoms with Gasteiger partial charge in [0.2, 0.25) is 17.7 Å². The molecular weight excluding hydrogens is 753 g/mol. The normalized spacial score (nSPS) is 20.1. The first-order valence-corrected chi connectivity index (χ1v) is 21.3. The Hall–Kier alpha value is -4.17. The van der Waals surface area contributed by atoms with E-state index in [-0.39, 0.29) is 36.7 Å². The summed E-state index contributed by atoms with van der Waals surface area (Å²) in [7, 11) is 0. The average molecular weight is 826 g/mol. The third kappa shape index (κ3) is 16.4. The number of amides is 5. The van der Waals surface area contributed by atoms with Crippen LogP contribution >= 0.6 is 0 Å². The molecule has 2 saturated heterocycles. The number of alkyl carbamates (subject to hydrolysis) is 2. The van der Waals surface area contributed by atoms with Crippen LogP contribution in [0, 0.1) is 17.0 Å². The number of hydrogen-bond acceptors (Lipinski definition) is 9. The Morgan fingerprint density at radius 3 is 2.05 bits per heavy atom. The first-order chi connectivity index (χ1) is 27.3. The Kier molecular flexibility index (Phi) is 17.4. The van der Waals surface area contributed by atoms with Crippen LogP contribution in [0.3, 0.4) is 0 Å². The molecule has 2 aliphatic rings. The lowest BCUT2D eigenvalue weighted by molar-refractivity contribution is -0.141. The van der Waals surface area contributed by atoms with Gasteiger partial charge in [0, 0.05) is 30.2 Å². The first kappa shape index (κ1) is 49.2. The van der Waals surface area contributed by atoms with E-state index in [0.29, 0.717) is 51.5 Å². The van der Waals surface area contributed by atoms with Gasteiger partial charge < -0.3 is 45.9 Å². The van der Waals surface area contributed by atoms with E-state index in [1.54, 1.807) is 46.4 Å². The SMILES string of the molecule is CC(C)C[C@@H](/C=C/[C@H](Cc1ccccc1)C(=O)N1CCC[C@H]1C(=O)N[C@@H](CCCNC(=O)OC(C)(C)C)C(=O)NC1CC(C)(C)N([O-])C(C)(C)C1)NC(=O)OC(C)(C)C. The molecule has 2 fully saturated rings. The van der Waals surface area contributed by atoms with E-state index in [0.717, 1.165) is 10.6 Å². The topological polar surface area (TPSA) is 181 Å². The molecule has 0 saturated carbocycles. The van der Waals surface area contributed by atoms with Gasteiger partial charge in [0.25, 0.3) is 0 Å². The van der Waals surface area contributed by atoms with Gasteiger partial charge in [0.05, 0.1) is 12.0 Å². The summed E-state index contributed by atoms with van der Waals surface area (Å²) in [5, 5.41) is 25.9. The minimum Gasteiger partial charge on any atom is -0.784 e. The molecule has 14 nitrogen and oxygen atoms in total. The largest absolute Gasteiger partial charge is 0.784 e. The fraction of sp³-hybridized carbons (Fsp3) is 0.711. The van der Waals surface area contributed by atoms with Gasteiger partial charge in [-0.05, 0) is 132 Å². The molecule has 1 aromatic rings. The molecule has 0 aliphatic carbocycles. The van der Waals surface area contributed by atoms with Crippen molar-refractivity contribution in [1.29, 1.82) is 0 Å². The number of rotatable bonds is 16. The molecule has 2 aliphatic heterocycles. The molecule has 0 spiro atoms. The van der Waals surface area contributed by atoms with Crippen molar-refractivity contribution in [2.45, 2.75) is 181 Å². The van der Waals surface area contributed by atoms with Crippen molar-refractivity contribution in [2.75, 3.05) is 13.1 Å². The highest BCUT2D eigenvalue weighted by atomic mass is 16.6. The number of nitrogens with one attached hydrogen (secondary N) is 4. The third-order valence-electron chi connectivity index (χ3n) is 10.4. The zero-order valence-corrected chi connectivity index (χ0v) is 37.7. The van der Waals surface area contributed by atoms with Crippen molar-refractivity contribution in [3.8, 4) is 0 Å². The highest BCUT2D eigenvalue weighted by Gasteiger charge is 2.42. The Bertz CT molecular complexity index is 1580. The summed E-state index contributed by atoms with van der Waals surface area (Å²) in [5.74, 6) is -1.44. The molecule has 4 N–H and O–H groups in total. The van der Waals surface area contributed by atoms with Crippen LogP contribution in [-0.4, -0.2) is 99.4 Å². The molecule has 5 amide bonds. The van der Waals surface area contributed by atoms with Crippen molar-refractivity contribution in [3.63, 3.8) is 0 Å². The smallest absolute Gasteiger partial charge is 0.408 e. The van der Waals surface area contributed by atoms with Gasteiger partial charge in [-0.1, -0.05) is 56.3 Å². The van der Waals surface area contributed by atoms with Crippen LogP contribution in [0.4, 0.5) is 9.59 Å². The number of nitrogens with zero attached hydrogens (tertiary/aromatic N) is 2. The summed E-state index contributed by atoms with van der Waals surface area (Å²) in [4.78, 5) is 69.5. The van der Waals surface area contributed by atoms with Crippen LogP contribution in [0.1, 0.15) is 134 Å². The van der Waals surface area contributed by atoms with Crippen LogP contribution in [-0.2, 0) is 30.3 Å². The van der Waals surface area contributed by atoms with E-state index in [1.165, 1.54) is 0 Å². The number of carbonyl (C=O) groups is 5. The van der Waals surface area contributed by atoms with E-state index in [1.807, 2.05) is 70.2 Å². The molecule has 3 rings (SSSR count). The predicted octanol–water partition coefficient (Wildman–Crippen LogP) is 6.76. The van der Waals surface area contributed by atoms with Crippen LogP contribution in [0.5, 0.6) is 0 Å². The van der Waals surface area contributed by atoms with Gasteiger partial charge >= 0.3 is 12.2 Å². The standard InChI is InChI=1S/C45H73N6O8/c1-30(2)26-33(48-41(56)59-43(6,7)8)23-22-32(27-31-18-14-13-15-19-31)39(54)50-25-17-21-36(50)38(53)49-35(20-16-24-46-40(55)58-42(3,4)5)37(52)47-34-28-44(9,10)51(57)45(11,12)29-34/h13-15,18-19,22-23,30,32-36H,16-17,20-21,24-29H2,1-12H3,(H,46,55)(H,47,52)(H,48,56)(H,49,53)/q-1/b23-22+/t32-,33-,35+,36+/m1/s1. The Morgan fingerprint density at radius 2 is 1.47 bits per heavy atom. The Morgan fingerprint density at radius 1 is 0.881 bits per heavy atom. The predicted molar refractivity (Wildman–Crippen MR) is 230 cm³/mol. The maximum atomic E-state index is 14.5. The summed E-state index contributed by atoms with van der Waals surface area (Å²) in [6.07, 6.45) is 6.03. The van der Waals surface area contributed by atoms with Gasteiger partial charge in [-0.25, -0.2) is 9.59 Å². The second-order valence-electron chi connectivity index (χ2n) is 19.9. The fourth-order valence-corrected chi connectivity index (χ4v) is 8.06. The lowest BCUT2D eigenvalue weighted by Crippen LogP contribution is -2.63. The minimum absolute atomic E-state index is 0.211. The highest BCUT2D eigenvalue weighted by molar-refractivity contribution is 5.93. The molecule has 0 radical (unpaired) electrons. The van der Waals surface area contributed by atoms with E-state index >= 15 is 0 Å². The molecule has 4 atom stereocenters. The van der Waals surface area contributed by atoms with Gasteiger partial charge in [-0.2, -0.15) is 0 Å². The minimum atomic E-state index is -0.965. The molecule has 0 unspecified atom stereocenters. The summed E-state index contributed by atoms with van der Waals surface area (Å²) < 4.78 is 10.9. The zero-order valence-electron chi connectivity index (χ0n) is 37.7. The number of hydrogen-bond donors (Lipinski definition) is 4. The number of ether oxygens (including phenoxy) is 2. The van der Waals surface area contributed by atoms with Crippen LogP contribution < -0.4 is 21.3 Å². The third-order valence-corrected chi connectivity index (χ3v) is 10.4. The number of likely N-dealkylation sites (tertiary alicyclic amines) is 1. The van der Waals surface area contributed by atoms with E-state index < -0.39 is 64.4 Å². The van der Waals surface area contributed by atoms with E-state index in [9.17, 15) is 29.2 Å². The van der Waals surface area contributed by atoms with Crippen LogP contribution in [0.2, 0.25) is 0 Å². The first-order valence-electron chi connectivity index (χ1n) is 21.3. The van der Waals surface area contributed by atoms with Gasteiger partial charge in [-0.15, -0.1) is 0 Å². The maximum Gasteiger partial charge on any atom is 0.408 e. The number of hydroxylamine groups is 2. The second-order valence-corrected chi connectivity index (χ2v) is 19.9. The van der Waals surface area contributed by atoms with Crippen molar-refractivity contribution in [3.05, 3.63) is 53.3 Å². The molecule has 59 heavy (non-hydrogen) atoms. The zero-order chi connectivity index (χ0) is 44.3. The van der Waals surface area contributed by atoms with Gasteiger partial charge in [-0.3, -0.25) is 14.4 Å². The lowest BCUT2D eigenvalue weighted by atomic mass is 9.79. The average Bonchev–Trinajstić information content (AvgIpc) is 3.58.